The largest absolute Gasteiger partial charge is 0.696 e. The molecule has 0 aromatic heterocycles. The molecule has 0 saturated carbocycles. The van der Waals surface area contributed by atoms with Crippen molar-refractivity contribution in [3.63, 3.8) is 0 Å². The summed E-state index contributed by atoms with van der Waals surface area (Å²) >= 11 is 7.40. The second-order valence-electron chi connectivity index (χ2n) is 6.51. The van der Waals surface area contributed by atoms with Crippen LogP contribution in [-0.4, -0.2) is 45.8 Å². The first-order chi connectivity index (χ1) is 14.8. The summed E-state index contributed by atoms with van der Waals surface area (Å²) in [5, 5.41) is 33.4. The molecule has 0 spiro atoms. The average Bonchev–Trinajstić information content (AvgIpc) is 2.86. The summed E-state index contributed by atoms with van der Waals surface area (Å²) in [5.41, 5.74) is 0. The molecule has 4 aliphatic rings. The molecular formula is C22H36CoN6S2-6. The molecule has 0 amide bonds. The molecule has 0 atom stereocenters. The van der Waals surface area contributed by atoms with Gasteiger partial charge < -0.3 is 46.5 Å². The number of hydrogen-bond acceptors (Lipinski definition) is 4. The molecule has 3 fully saturated rings. The number of hydrogen-bond donors (Lipinski definition) is 0. The molecule has 9 heteroatoms. The van der Waals surface area contributed by atoms with Gasteiger partial charge in [0.25, 0.3) is 0 Å². The Bertz CT molecular complexity index is 365. The van der Waals surface area contributed by atoms with E-state index >= 15 is 0 Å². The van der Waals surface area contributed by atoms with Crippen LogP contribution in [0.2, 0.25) is 0 Å². The molecule has 1 radical (unpaired) electrons. The van der Waals surface area contributed by atoms with Crippen molar-refractivity contribution in [3.8, 4) is 10.8 Å². The first kappa shape index (κ1) is 34.7. The number of nitriles is 2. The zero-order valence-corrected chi connectivity index (χ0v) is 21.1. The van der Waals surface area contributed by atoms with E-state index in [4.69, 9.17) is 10.5 Å². The minimum absolute atomic E-state index is 0. The molecule has 0 aliphatic carbocycles. The second-order valence-corrected chi connectivity index (χ2v) is 6.88. The fourth-order valence-corrected chi connectivity index (χ4v) is 2.58. The van der Waals surface area contributed by atoms with Crippen molar-refractivity contribution in [2.45, 2.75) is 57.8 Å². The van der Waals surface area contributed by atoms with Crippen LogP contribution in [0.15, 0.2) is 24.4 Å². The first-order valence-corrected chi connectivity index (χ1v) is 11.6. The fraction of sp³-hybridized carbons (Fsp3) is 0.727. The van der Waals surface area contributed by atoms with Gasteiger partial charge in [-0.25, -0.2) is 10.5 Å². The van der Waals surface area contributed by atoms with Crippen molar-refractivity contribution in [1.82, 2.24) is 0 Å². The SMILES string of the molecule is C1=CC[N-]C=C1.C1CC[N-]CC1.C1CC[N-]CC1.C1CC[N-]CC1.N#C[S-].N#C[S-].[Co]. The van der Waals surface area contributed by atoms with E-state index in [2.05, 4.69) is 46.5 Å². The van der Waals surface area contributed by atoms with Crippen LogP contribution >= 0.6 is 0 Å². The number of thiocyanates is 2. The van der Waals surface area contributed by atoms with Crippen molar-refractivity contribution >= 4 is 25.3 Å². The topological polar surface area (TPSA) is 104 Å². The van der Waals surface area contributed by atoms with Gasteiger partial charge in [-0.05, 0) is 0 Å². The van der Waals surface area contributed by atoms with Crippen LogP contribution in [0.4, 0.5) is 0 Å². The molecule has 0 bridgehead atoms. The van der Waals surface area contributed by atoms with Gasteiger partial charge in [-0.1, -0.05) is 80.7 Å². The van der Waals surface area contributed by atoms with Gasteiger partial charge in [-0.15, -0.1) is 51.9 Å². The molecule has 0 aromatic rings. The number of nitrogens with zero attached hydrogens (tertiary/aromatic N) is 6. The van der Waals surface area contributed by atoms with Crippen LogP contribution in [0.3, 0.4) is 0 Å². The van der Waals surface area contributed by atoms with E-state index in [9.17, 15) is 0 Å². The van der Waals surface area contributed by atoms with Gasteiger partial charge in [-0.3, -0.25) is 0 Å². The van der Waals surface area contributed by atoms with E-state index in [1.54, 1.807) is 6.20 Å². The van der Waals surface area contributed by atoms with E-state index in [-0.39, 0.29) is 16.8 Å². The Morgan fingerprint density at radius 1 is 0.581 bits per heavy atom. The third-order valence-electron chi connectivity index (χ3n) is 4.05. The monoisotopic (exact) mass is 507 g/mol. The Morgan fingerprint density at radius 3 is 0.968 bits per heavy atom. The molecule has 4 aliphatic heterocycles. The minimum Gasteiger partial charge on any atom is -0.696 e. The molecule has 31 heavy (non-hydrogen) atoms. The second kappa shape index (κ2) is 36.5. The Labute approximate surface area is 212 Å². The van der Waals surface area contributed by atoms with Crippen LogP contribution in [-0.2, 0) is 42.0 Å². The van der Waals surface area contributed by atoms with E-state index in [0.717, 1.165) is 45.8 Å². The van der Waals surface area contributed by atoms with Crippen LogP contribution < -0.4 is 0 Å². The van der Waals surface area contributed by atoms with Crippen molar-refractivity contribution in [2.75, 3.05) is 45.8 Å². The molecule has 0 aromatic carbocycles. The summed E-state index contributed by atoms with van der Waals surface area (Å²) in [6, 6.07) is 0. The molecule has 0 N–H and O–H groups in total. The van der Waals surface area contributed by atoms with E-state index in [1.165, 1.54) is 68.6 Å². The quantitative estimate of drug-likeness (QED) is 0.292. The Morgan fingerprint density at radius 2 is 0.903 bits per heavy atom. The molecule has 3 saturated heterocycles. The zero-order valence-electron chi connectivity index (χ0n) is 18.5. The van der Waals surface area contributed by atoms with Gasteiger partial charge in [0.15, 0.2) is 0 Å². The molecular weight excluding hydrogens is 471 g/mol. The summed E-state index contributed by atoms with van der Waals surface area (Å²) in [6.45, 7) is 7.61. The molecule has 6 nitrogen and oxygen atoms in total. The van der Waals surface area contributed by atoms with E-state index in [0.29, 0.717) is 0 Å². The van der Waals surface area contributed by atoms with Crippen LogP contribution in [0.25, 0.3) is 21.3 Å². The Balaban J connectivity index is -0.000000309. The van der Waals surface area contributed by atoms with Crippen LogP contribution in [0.1, 0.15) is 57.8 Å². The standard InChI is InChI=1S/3C5H10N.C5H6N.2CHNS.Co/c4*1-2-4-6-5-3-1;2*2-1-3;/h3*1-5H2;1-4H,5H2;2*3H;/q4*-1;;;/p-2. The average molecular weight is 508 g/mol. The smallest absolute Gasteiger partial charge is 0 e. The summed E-state index contributed by atoms with van der Waals surface area (Å²) in [5.74, 6) is 0. The summed E-state index contributed by atoms with van der Waals surface area (Å²) in [7, 11) is 0. The maximum atomic E-state index is 7.13. The van der Waals surface area contributed by atoms with Gasteiger partial charge in [0.2, 0.25) is 0 Å². The summed E-state index contributed by atoms with van der Waals surface area (Å²) < 4.78 is 0. The van der Waals surface area contributed by atoms with Crippen molar-refractivity contribution in [2.24, 2.45) is 0 Å². The van der Waals surface area contributed by atoms with Gasteiger partial charge in [-0.2, -0.15) is 6.20 Å². The Hall–Kier alpha value is -0.914. The predicted octanol–water partition coefficient (Wildman–Crippen LogP) is 6.10. The van der Waals surface area contributed by atoms with Crippen molar-refractivity contribution in [3.05, 3.63) is 45.7 Å². The molecule has 181 valence electrons. The number of piperidine rings is 3. The van der Waals surface area contributed by atoms with Crippen LogP contribution in [0, 0.1) is 21.3 Å². The molecule has 4 rings (SSSR count). The van der Waals surface area contributed by atoms with E-state index in [1.807, 2.05) is 18.2 Å². The summed E-state index contributed by atoms with van der Waals surface area (Å²) in [6.07, 6.45) is 20.0. The third kappa shape index (κ3) is 40.0. The summed E-state index contributed by atoms with van der Waals surface area (Å²) in [4.78, 5) is 0. The Kier molecular flexibility index (Phi) is 40.8. The maximum absolute atomic E-state index is 7.13. The van der Waals surface area contributed by atoms with Gasteiger partial charge in [0, 0.05) is 16.8 Å². The van der Waals surface area contributed by atoms with Gasteiger partial charge >= 0.3 is 0 Å². The van der Waals surface area contributed by atoms with Crippen LogP contribution in [0.5, 0.6) is 0 Å². The maximum Gasteiger partial charge on any atom is 0 e. The van der Waals surface area contributed by atoms with Gasteiger partial charge in [0.1, 0.15) is 0 Å². The molecule has 4 heterocycles. The normalized spacial score (nSPS) is 17.7. The fourth-order valence-electron chi connectivity index (χ4n) is 2.58. The number of rotatable bonds is 0. The molecule has 0 unspecified atom stereocenters. The van der Waals surface area contributed by atoms with Gasteiger partial charge in [0.05, 0.1) is 0 Å². The van der Waals surface area contributed by atoms with Crippen molar-refractivity contribution in [1.29, 1.82) is 10.5 Å². The third-order valence-corrected chi connectivity index (χ3v) is 4.05. The van der Waals surface area contributed by atoms with E-state index < -0.39 is 0 Å². The zero-order chi connectivity index (χ0) is 22.4. The minimum atomic E-state index is 0. The predicted molar refractivity (Wildman–Crippen MR) is 133 cm³/mol. The number of allylic oxidation sites excluding steroid dienone is 2. The first-order valence-electron chi connectivity index (χ1n) is 10.7. The van der Waals surface area contributed by atoms with Crippen molar-refractivity contribution < 1.29 is 16.8 Å².